The van der Waals surface area contributed by atoms with Crippen molar-refractivity contribution >= 4 is 52.2 Å². The van der Waals surface area contributed by atoms with E-state index in [0.717, 1.165) is 16.7 Å². The molecule has 1 aliphatic heterocycles. The average Bonchev–Trinajstić information content (AvgIpc) is 2.93. The number of imide groups is 1. The number of halogens is 2. The third-order valence-corrected chi connectivity index (χ3v) is 5.11. The summed E-state index contributed by atoms with van der Waals surface area (Å²) in [6.45, 7) is 0.152. The van der Waals surface area contributed by atoms with Crippen LogP contribution in [0.1, 0.15) is 18.4 Å². The second-order valence-corrected chi connectivity index (χ2v) is 7.47. The molecule has 3 rings (SSSR count). The summed E-state index contributed by atoms with van der Waals surface area (Å²) in [6, 6.07) is 12.4. The number of amides is 3. The molecule has 0 radical (unpaired) electrons. The van der Waals surface area contributed by atoms with Crippen LogP contribution in [-0.4, -0.2) is 28.5 Å². The molecular weight excluding hydrogens is 403 g/mol. The van der Waals surface area contributed by atoms with Gasteiger partial charge < -0.3 is 5.32 Å². The SMILES string of the molecule is O=C(CCCN1C(=O)S/C(=C\c2ccc(F)cc2)C1=O)Nc1ccc(Cl)cc1. The minimum atomic E-state index is -0.405. The van der Waals surface area contributed by atoms with E-state index in [1.807, 2.05) is 0 Å². The van der Waals surface area contributed by atoms with E-state index in [9.17, 15) is 18.8 Å². The van der Waals surface area contributed by atoms with Gasteiger partial charge in [0.15, 0.2) is 0 Å². The molecule has 0 aromatic heterocycles. The van der Waals surface area contributed by atoms with Gasteiger partial charge in [0.05, 0.1) is 4.91 Å². The molecule has 0 aliphatic carbocycles. The maximum Gasteiger partial charge on any atom is 0.293 e. The van der Waals surface area contributed by atoms with Gasteiger partial charge in [0.2, 0.25) is 5.91 Å². The lowest BCUT2D eigenvalue weighted by atomic mass is 10.2. The standard InChI is InChI=1S/C20H16ClFN2O3S/c21-14-5-9-16(10-6-14)23-18(25)2-1-11-24-19(26)17(28-20(24)27)12-13-3-7-15(22)8-4-13/h3-10,12H,1-2,11H2,(H,23,25)/b17-12-. The molecule has 2 aromatic carbocycles. The first-order valence-corrected chi connectivity index (χ1v) is 9.68. The molecule has 3 amide bonds. The first-order chi connectivity index (χ1) is 13.4. The normalized spacial score (nSPS) is 15.4. The highest BCUT2D eigenvalue weighted by Crippen LogP contribution is 2.32. The number of hydrogen-bond acceptors (Lipinski definition) is 4. The molecule has 1 heterocycles. The zero-order valence-corrected chi connectivity index (χ0v) is 16.2. The van der Waals surface area contributed by atoms with Crippen molar-refractivity contribution in [2.45, 2.75) is 12.8 Å². The second-order valence-electron chi connectivity index (χ2n) is 6.04. The summed E-state index contributed by atoms with van der Waals surface area (Å²) >= 11 is 6.63. The molecule has 1 N–H and O–H groups in total. The quantitative estimate of drug-likeness (QED) is 0.675. The minimum absolute atomic E-state index is 0.152. The van der Waals surface area contributed by atoms with Crippen LogP contribution < -0.4 is 5.32 Å². The zero-order valence-electron chi connectivity index (χ0n) is 14.7. The van der Waals surface area contributed by atoms with E-state index in [1.54, 1.807) is 30.3 Å². The Hall–Kier alpha value is -2.64. The van der Waals surface area contributed by atoms with Crippen LogP contribution in [0.25, 0.3) is 6.08 Å². The summed E-state index contributed by atoms with van der Waals surface area (Å²) in [5.74, 6) is -0.990. The van der Waals surface area contributed by atoms with Crippen molar-refractivity contribution in [1.82, 2.24) is 4.90 Å². The molecule has 1 aliphatic rings. The Morgan fingerprint density at radius 3 is 2.46 bits per heavy atom. The maximum absolute atomic E-state index is 13.0. The van der Waals surface area contributed by atoms with Crippen LogP contribution >= 0.6 is 23.4 Å². The number of anilines is 1. The molecule has 1 saturated heterocycles. The summed E-state index contributed by atoms with van der Waals surface area (Å²) in [7, 11) is 0. The zero-order chi connectivity index (χ0) is 20.1. The number of carbonyl (C=O) groups excluding carboxylic acids is 3. The maximum atomic E-state index is 13.0. The fourth-order valence-electron chi connectivity index (χ4n) is 2.56. The third kappa shape index (κ3) is 5.21. The minimum Gasteiger partial charge on any atom is -0.326 e. The van der Waals surface area contributed by atoms with Crippen LogP contribution in [0, 0.1) is 5.82 Å². The number of thioether (sulfide) groups is 1. The number of hydrogen-bond donors (Lipinski definition) is 1. The smallest absolute Gasteiger partial charge is 0.293 e. The molecule has 8 heteroatoms. The van der Waals surface area contributed by atoms with Crippen molar-refractivity contribution in [3.05, 3.63) is 69.8 Å². The molecule has 2 aromatic rings. The molecule has 0 unspecified atom stereocenters. The molecule has 28 heavy (non-hydrogen) atoms. The van der Waals surface area contributed by atoms with Crippen molar-refractivity contribution in [3.63, 3.8) is 0 Å². The third-order valence-electron chi connectivity index (χ3n) is 3.95. The van der Waals surface area contributed by atoms with E-state index in [2.05, 4.69) is 5.32 Å². The highest BCUT2D eigenvalue weighted by atomic mass is 35.5. The highest BCUT2D eigenvalue weighted by molar-refractivity contribution is 8.18. The average molecular weight is 419 g/mol. The summed E-state index contributed by atoms with van der Waals surface area (Å²) in [4.78, 5) is 37.9. The Balaban J connectivity index is 1.52. The predicted molar refractivity (Wildman–Crippen MR) is 108 cm³/mol. The number of carbonyl (C=O) groups is 3. The van der Waals surface area contributed by atoms with Crippen LogP contribution in [0.4, 0.5) is 14.9 Å². The Morgan fingerprint density at radius 2 is 1.79 bits per heavy atom. The van der Waals surface area contributed by atoms with E-state index >= 15 is 0 Å². The lowest BCUT2D eigenvalue weighted by molar-refractivity contribution is -0.123. The van der Waals surface area contributed by atoms with Crippen molar-refractivity contribution in [3.8, 4) is 0 Å². The number of nitrogens with one attached hydrogen (secondary N) is 1. The molecule has 0 spiro atoms. The van der Waals surface area contributed by atoms with E-state index in [4.69, 9.17) is 11.6 Å². The van der Waals surface area contributed by atoms with Crippen molar-refractivity contribution < 1.29 is 18.8 Å². The Morgan fingerprint density at radius 1 is 1.11 bits per heavy atom. The topological polar surface area (TPSA) is 66.5 Å². The number of nitrogens with zero attached hydrogens (tertiary/aromatic N) is 1. The Bertz CT molecular complexity index is 929. The van der Waals surface area contributed by atoms with Gasteiger partial charge in [-0.05, 0) is 66.2 Å². The first-order valence-electron chi connectivity index (χ1n) is 8.49. The molecule has 0 atom stereocenters. The number of rotatable bonds is 6. The van der Waals surface area contributed by atoms with Gasteiger partial charge in [-0.15, -0.1) is 0 Å². The highest BCUT2D eigenvalue weighted by Gasteiger charge is 2.34. The summed E-state index contributed by atoms with van der Waals surface area (Å²) in [5, 5.41) is 2.93. The van der Waals surface area contributed by atoms with Crippen LogP contribution in [0.3, 0.4) is 0 Å². The van der Waals surface area contributed by atoms with E-state index in [0.29, 0.717) is 22.7 Å². The molecular formula is C20H16ClFN2O3S. The fourth-order valence-corrected chi connectivity index (χ4v) is 3.55. The van der Waals surface area contributed by atoms with Gasteiger partial charge in [-0.25, -0.2) is 4.39 Å². The Labute approximate surface area is 170 Å². The predicted octanol–water partition coefficient (Wildman–Crippen LogP) is 4.93. The summed E-state index contributed by atoms with van der Waals surface area (Å²) in [6.07, 6.45) is 2.07. The largest absolute Gasteiger partial charge is 0.326 e. The molecule has 0 saturated carbocycles. The van der Waals surface area contributed by atoms with Gasteiger partial charge in [0.1, 0.15) is 5.82 Å². The van der Waals surface area contributed by atoms with E-state index in [1.165, 1.54) is 24.3 Å². The van der Waals surface area contributed by atoms with Crippen molar-refractivity contribution in [2.75, 3.05) is 11.9 Å². The molecule has 5 nitrogen and oxygen atoms in total. The molecule has 0 bridgehead atoms. The molecule has 1 fully saturated rings. The monoisotopic (exact) mass is 418 g/mol. The van der Waals surface area contributed by atoms with E-state index < -0.39 is 5.91 Å². The van der Waals surface area contributed by atoms with Crippen molar-refractivity contribution in [2.24, 2.45) is 0 Å². The van der Waals surface area contributed by atoms with Crippen LogP contribution in [0.5, 0.6) is 0 Å². The summed E-state index contributed by atoms with van der Waals surface area (Å²) < 4.78 is 13.0. The van der Waals surface area contributed by atoms with Gasteiger partial charge in [0.25, 0.3) is 11.1 Å². The van der Waals surface area contributed by atoms with Gasteiger partial charge in [-0.1, -0.05) is 23.7 Å². The van der Waals surface area contributed by atoms with Crippen LogP contribution in [0.2, 0.25) is 5.02 Å². The van der Waals surface area contributed by atoms with Gasteiger partial charge >= 0.3 is 0 Å². The van der Waals surface area contributed by atoms with Crippen LogP contribution in [-0.2, 0) is 9.59 Å². The Kier molecular flexibility index (Phi) is 6.49. The van der Waals surface area contributed by atoms with Crippen LogP contribution in [0.15, 0.2) is 53.4 Å². The van der Waals surface area contributed by atoms with Gasteiger partial charge in [-0.3, -0.25) is 19.3 Å². The van der Waals surface area contributed by atoms with Crippen molar-refractivity contribution in [1.29, 1.82) is 0 Å². The lowest BCUT2D eigenvalue weighted by Crippen LogP contribution is -2.29. The number of benzene rings is 2. The second kappa shape index (κ2) is 9.03. The fraction of sp³-hybridized carbons (Fsp3) is 0.150. The molecule has 144 valence electrons. The van der Waals surface area contributed by atoms with E-state index in [-0.39, 0.29) is 34.8 Å². The summed E-state index contributed by atoms with van der Waals surface area (Å²) in [5.41, 5.74) is 1.26. The lowest BCUT2D eigenvalue weighted by Gasteiger charge is -2.12. The first kappa shape index (κ1) is 20.1. The van der Waals surface area contributed by atoms with Gasteiger partial charge in [0, 0.05) is 23.7 Å². The van der Waals surface area contributed by atoms with Gasteiger partial charge in [-0.2, -0.15) is 0 Å².